The molecule has 1 aliphatic rings. The Hall–Kier alpha value is -1.47. The number of aromatic nitrogens is 2. The summed E-state index contributed by atoms with van der Waals surface area (Å²) in [6, 6.07) is 0. The maximum absolute atomic E-state index is 10.8. The first-order valence-electron chi connectivity index (χ1n) is 5.52. The lowest BCUT2D eigenvalue weighted by Crippen LogP contribution is -2.48. The molecule has 0 aromatic carbocycles. The molecular formula is C10H12Cl2N4O3. The molecule has 0 unspecified atom stereocenters. The molecular weight excluding hydrogens is 295 g/mol. The van der Waals surface area contributed by atoms with Crippen molar-refractivity contribution in [1.82, 2.24) is 14.9 Å². The Balaban J connectivity index is 2.20. The van der Waals surface area contributed by atoms with E-state index in [2.05, 4.69) is 9.97 Å². The fourth-order valence-corrected chi connectivity index (χ4v) is 2.28. The highest BCUT2D eigenvalue weighted by atomic mass is 35.5. The predicted molar refractivity (Wildman–Crippen MR) is 70.4 cm³/mol. The number of hydrogen-bond donors (Lipinski definition) is 1. The van der Waals surface area contributed by atoms with Crippen LogP contribution in [0.2, 0.25) is 10.3 Å². The van der Waals surface area contributed by atoms with Crippen molar-refractivity contribution in [2.45, 2.75) is 0 Å². The minimum Gasteiger partial charge on any atom is -0.480 e. The first-order valence-corrected chi connectivity index (χ1v) is 6.28. The summed E-state index contributed by atoms with van der Waals surface area (Å²) in [5.41, 5.74) is 0. The molecule has 1 amide bonds. The standard InChI is InChI=1S/C10H12Cl2N4O3/c1-19-8-6(11)7(13-9(12)14-8)15-2-4-16(5-3-15)10(17)18/h2-5H2,1H3,(H,17,18). The lowest BCUT2D eigenvalue weighted by molar-refractivity contribution is 0.142. The molecule has 1 fully saturated rings. The van der Waals surface area contributed by atoms with E-state index in [-0.39, 0.29) is 16.2 Å². The fourth-order valence-electron chi connectivity index (χ4n) is 1.84. The normalized spacial score (nSPS) is 15.5. The van der Waals surface area contributed by atoms with Gasteiger partial charge in [-0.15, -0.1) is 0 Å². The molecule has 0 aliphatic carbocycles. The van der Waals surface area contributed by atoms with Crippen molar-refractivity contribution < 1.29 is 14.6 Å². The van der Waals surface area contributed by atoms with Gasteiger partial charge in [-0.2, -0.15) is 9.97 Å². The van der Waals surface area contributed by atoms with Gasteiger partial charge in [-0.25, -0.2) is 4.79 Å². The van der Waals surface area contributed by atoms with Gasteiger partial charge in [-0.1, -0.05) is 11.6 Å². The lowest BCUT2D eigenvalue weighted by atomic mass is 10.3. The Kier molecular flexibility index (Phi) is 4.16. The Bertz CT molecular complexity index is 492. The van der Waals surface area contributed by atoms with Crippen LogP contribution in [0.15, 0.2) is 0 Å². The number of ether oxygens (including phenoxy) is 1. The molecule has 0 atom stereocenters. The second kappa shape index (κ2) is 5.66. The summed E-state index contributed by atoms with van der Waals surface area (Å²) in [4.78, 5) is 22.0. The molecule has 7 nitrogen and oxygen atoms in total. The third kappa shape index (κ3) is 2.93. The summed E-state index contributed by atoms with van der Waals surface area (Å²) in [7, 11) is 1.44. The van der Waals surface area contributed by atoms with Crippen LogP contribution in [0.1, 0.15) is 0 Å². The summed E-state index contributed by atoms with van der Waals surface area (Å²) in [6.45, 7) is 1.75. The Morgan fingerprint density at radius 2 is 1.89 bits per heavy atom. The van der Waals surface area contributed by atoms with Gasteiger partial charge in [0.15, 0.2) is 5.82 Å². The summed E-state index contributed by atoms with van der Waals surface area (Å²) in [6.07, 6.45) is -0.927. The summed E-state index contributed by atoms with van der Waals surface area (Å²) in [5, 5.41) is 9.20. The third-order valence-corrected chi connectivity index (χ3v) is 3.32. The van der Waals surface area contributed by atoms with Gasteiger partial charge in [-0.05, 0) is 11.6 Å². The van der Waals surface area contributed by atoms with Crippen LogP contribution in [0, 0.1) is 0 Å². The smallest absolute Gasteiger partial charge is 0.407 e. The molecule has 1 aliphatic heterocycles. The van der Waals surface area contributed by atoms with E-state index in [0.29, 0.717) is 32.0 Å². The number of hydrogen-bond acceptors (Lipinski definition) is 5. The Morgan fingerprint density at radius 1 is 1.26 bits per heavy atom. The van der Waals surface area contributed by atoms with Gasteiger partial charge in [0, 0.05) is 26.2 Å². The van der Waals surface area contributed by atoms with Gasteiger partial charge in [0.05, 0.1) is 7.11 Å². The number of carbonyl (C=O) groups is 1. The van der Waals surface area contributed by atoms with Gasteiger partial charge in [0.1, 0.15) is 5.02 Å². The van der Waals surface area contributed by atoms with Gasteiger partial charge in [-0.3, -0.25) is 0 Å². The van der Waals surface area contributed by atoms with E-state index < -0.39 is 6.09 Å². The maximum Gasteiger partial charge on any atom is 0.407 e. The van der Waals surface area contributed by atoms with Crippen LogP contribution < -0.4 is 9.64 Å². The zero-order valence-electron chi connectivity index (χ0n) is 10.1. The Morgan fingerprint density at radius 3 is 2.42 bits per heavy atom. The molecule has 1 saturated heterocycles. The molecule has 2 rings (SSSR count). The van der Waals surface area contributed by atoms with Gasteiger partial charge in [0.25, 0.3) is 0 Å². The van der Waals surface area contributed by atoms with Crippen LogP contribution in [0.25, 0.3) is 0 Å². The van der Waals surface area contributed by atoms with Crippen LogP contribution >= 0.6 is 23.2 Å². The molecule has 104 valence electrons. The number of amides is 1. The number of piperazine rings is 1. The van der Waals surface area contributed by atoms with Crippen LogP contribution in [0.5, 0.6) is 5.88 Å². The average molecular weight is 307 g/mol. The number of carboxylic acid groups (broad SMARTS) is 1. The average Bonchev–Trinajstić information content (AvgIpc) is 2.41. The SMILES string of the molecule is COc1nc(Cl)nc(N2CCN(C(=O)O)CC2)c1Cl. The third-order valence-electron chi connectivity index (χ3n) is 2.82. The van der Waals surface area contributed by atoms with Crippen molar-refractivity contribution in [2.24, 2.45) is 0 Å². The minimum atomic E-state index is -0.927. The largest absolute Gasteiger partial charge is 0.480 e. The molecule has 19 heavy (non-hydrogen) atoms. The number of anilines is 1. The van der Waals surface area contributed by atoms with Gasteiger partial charge >= 0.3 is 6.09 Å². The summed E-state index contributed by atoms with van der Waals surface area (Å²) < 4.78 is 5.02. The van der Waals surface area contributed by atoms with E-state index >= 15 is 0 Å². The molecule has 1 aromatic rings. The van der Waals surface area contributed by atoms with Crippen LogP contribution in [-0.4, -0.2) is 59.4 Å². The van der Waals surface area contributed by atoms with Crippen molar-refractivity contribution in [3.05, 3.63) is 10.3 Å². The van der Waals surface area contributed by atoms with Crippen molar-refractivity contribution in [3.63, 3.8) is 0 Å². The summed E-state index contributed by atoms with van der Waals surface area (Å²) >= 11 is 11.9. The molecule has 0 bridgehead atoms. The second-order valence-electron chi connectivity index (χ2n) is 3.90. The van der Waals surface area contributed by atoms with E-state index in [1.54, 1.807) is 0 Å². The maximum atomic E-state index is 10.8. The first kappa shape index (κ1) is 14.0. The zero-order valence-corrected chi connectivity index (χ0v) is 11.6. The summed E-state index contributed by atoms with van der Waals surface area (Å²) in [5.74, 6) is 0.667. The minimum absolute atomic E-state index is 0.0388. The molecule has 0 spiro atoms. The lowest BCUT2D eigenvalue weighted by Gasteiger charge is -2.34. The van der Waals surface area contributed by atoms with E-state index in [4.69, 9.17) is 33.0 Å². The fraction of sp³-hybridized carbons (Fsp3) is 0.500. The number of nitrogens with zero attached hydrogens (tertiary/aromatic N) is 4. The zero-order chi connectivity index (χ0) is 14.0. The number of halogens is 2. The molecule has 0 radical (unpaired) electrons. The molecule has 9 heteroatoms. The predicted octanol–water partition coefficient (Wildman–Crippen LogP) is 1.59. The first-order chi connectivity index (χ1) is 9.02. The quantitative estimate of drug-likeness (QED) is 0.836. The van der Waals surface area contributed by atoms with Crippen molar-refractivity contribution >= 4 is 35.1 Å². The highest BCUT2D eigenvalue weighted by Crippen LogP contribution is 2.32. The number of rotatable bonds is 2. The van der Waals surface area contributed by atoms with Gasteiger partial charge in [0.2, 0.25) is 11.2 Å². The second-order valence-corrected chi connectivity index (χ2v) is 4.61. The van der Waals surface area contributed by atoms with E-state index in [1.807, 2.05) is 4.90 Å². The molecule has 1 N–H and O–H groups in total. The monoisotopic (exact) mass is 306 g/mol. The van der Waals surface area contributed by atoms with Crippen LogP contribution in [-0.2, 0) is 0 Å². The highest BCUT2D eigenvalue weighted by Gasteiger charge is 2.24. The topological polar surface area (TPSA) is 78.8 Å². The van der Waals surface area contributed by atoms with Crippen LogP contribution in [0.3, 0.4) is 0 Å². The molecule has 1 aromatic heterocycles. The van der Waals surface area contributed by atoms with Crippen molar-refractivity contribution in [1.29, 1.82) is 0 Å². The molecule has 0 saturated carbocycles. The molecule has 2 heterocycles. The van der Waals surface area contributed by atoms with E-state index in [0.717, 1.165) is 0 Å². The van der Waals surface area contributed by atoms with Gasteiger partial charge < -0.3 is 19.6 Å². The van der Waals surface area contributed by atoms with E-state index in [9.17, 15) is 4.79 Å². The highest BCUT2D eigenvalue weighted by molar-refractivity contribution is 6.35. The number of methoxy groups -OCH3 is 1. The Labute approximate surface area is 119 Å². The van der Waals surface area contributed by atoms with E-state index in [1.165, 1.54) is 12.0 Å². The van der Waals surface area contributed by atoms with Crippen LogP contribution in [0.4, 0.5) is 10.6 Å². The van der Waals surface area contributed by atoms with Crippen molar-refractivity contribution in [2.75, 3.05) is 38.2 Å². The van der Waals surface area contributed by atoms with Crippen molar-refractivity contribution in [3.8, 4) is 5.88 Å².